The summed E-state index contributed by atoms with van der Waals surface area (Å²) in [5, 5.41) is 4.18. The molecule has 0 saturated carbocycles. The monoisotopic (exact) mass is 527 g/mol. The fourth-order valence-corrected chi connectivity index (χ4v) is 3.90. The smallest absolute Gasteiger partial charge is 0.0449 e. The van der Waals surface area contributed by atoms with Gasteiger partial charge in [-0.3, -0.25) is 0 Å². The van der Waals surface area contributed by atoms with Crippen molar-refractivity contribution in [3.8, 4) is 0 Å². The van der Waals surface area contributed by atoms with Gasteiger partial charge in [-0.15, -0.1) is 0 Å². The molecule has 1 nitrogen and oxygen atoms in total. The molecule has 0 bridgehead atoms. The zero-order valence-corrected chi connectivity index (χ0v) is 16.8. The van der Waals surface area contributed by atoms with E-state index in [1.165, 1.54) is 9.13 Å². The molecule has 1 atom stereocenters. The Bertz CT molecular complexity index is 619. The molecule has 0 aliphatic carbocycles. The Morgan fingerprint density at radius 2 is 1.80 bits per heavy atom. The standard InChI is InChI=1S/C15H13Br2ClIN/c1-20-15(12-7-10(16)4-5-14(12)19)6-9-2-3-11(17)8-13(9)18/h2-5,7-8,15,20H,6H2,1H3. The van der Waals surface area contributed by atoms with E-state index in [0.29, 0.717) is 0 Å². The molecule has 20 heavy (non-hydrogen) atoms. The van der Waals surface area contributed by atoms with E-state index in [2.05, 4.69) is 84.0 Å². The van der Waals surface area contributed by atoms with Crippen molar-refractivity contribution in [2.24, 2.45) is 0 Å². The van der Waals surface area contributed by atoms with Gasteiger partial charge in [0.25, 0.3) is 0 Å². The second-order valence-electron chi connectivity index (χ2n) is 4.45. The molecule has 0 radical (unpaired) electrons. The third-order valence-corrected chi connectivity index (χ3v) is 5.44. The lowest BCUT2D eigenvalue weighted by molar-refractivity contribution is 0.589. The highest BCUT2D eigenvalue weighted by molar-refractivity contribution is 14.1. The lowest BCUT2D eigenvalue weighted by atomic mass is 9.99. The zero-order chi connectivity index (χ0) is 14.7. The fourth-order valence-electron chi connectivity index (χ4n) is 2.06. The first-order valence-electron chi connectivity index (χ1n) is 6.07. The summed E-state index contributed by atoms with van der Waals surface area (Å²) in [5.41, 5.74) is 2.42. The summed E-state index contributed by atoms with van der Waals surface area (Å²) in [7, 11) is 1.98. The second kappa shape index (κ2) is 7.58. The molecule has 0 saturated heterocycles. The van der Waals surface area contributed by atoms with Gasteiger partial charge in [-0.25, -0.2) is 0 Å². The van der Waals surface area contributed by atoms with E-state index in [1.807, 2.05) is 19.2 Å². The van der Waals surface area contributed by atoms with Crippen molar-refractivity contribution in [2.75, 3.05) is 7.05 Å². The van der Waals surface area contributed by atoms with Gasteiger partial charge in [-0.05, 0) is 77.5 Å². The van der Waals surface area contributed by atoms with E-state index >= 15 is 0 Å². The highest BCUT2D eigenvalue weighted by Crippen LogP contribution is 2.29. The third-order valence-electron chi connectivity index (χ3n) is 3.12. The largest absolute Gasteiger partial charge is 0.313 e. The summed E-state index contributed by atoms with van der Waals surface area (Å²) >= 11 is 15.7. The molecule has 2 aromatic rings. The molecule has 0 fully saturated rings. The molecule has 0 heterocycles. The molecule has 2 rings (SSSR count). The van der Waals surface area contributed by atoms with Gasteiger partial charge in [-0.1, -0.05) is 49.5 Å². The molecule has 106 valence electrons. The molecule has 1 N–H and O–H groups in total. The van der Waals surface area contributed by atoms with Crippen LogP contribution < -0.4 is 5.32 Å². The number of rotatable bonds is 4. The van der Waals surface area contributed by atoms with Crippen LogP contribution in [0.4, 0.5) is 0 Å². The Balaban J connectivity index is 2.31. The van der Waals surface area contributed by atoms with Crippen LogP contribution in [-0.4, -0.2) is 7.05 Å². The predicted octanol–water partition coefficient (Wildman–Crippen LogP) is 5.97. The second-order valence-corrected chi connectivity index (χ2v) is 7.85. The Morgan fingerprint density at radius 3 is 2.45 bits per heavy atom. The molecule has 1 unspecified atom stereocenters. The Kier molecular flexibility index (Phi) is 6.35. The Morgan fingerprint density at radius 1 is 1.15 bits per heavy atom. The van der Waals surface area contributed by atoms with Gasteiger partial charge in [0.15, 0.2) is 0 Å². The van der Waals surface area contributed by atoms with Crippen molar-refractivity contribution < 1.29 is 0 Å². The van der Waals surface area contributed by atoms with Crippen molar-refractivity contribution in [1.29, 1.82) is 0 Å². The molecular formula is C15H13Br2ClIN. The third kappa shape index (κ3) is 4.19. The van der Waals surface area contributed by atoms with Crippen LogP contribution in [0.1, 0.15) is 17.2 Å². The first-order chi connectivity index (χ1) is 9.51. The van der Waals surface area contributed by atoms with Crippen LogP contribution in [0.5, 0.6) is 0 Å². The normalized spacial score (nSPS) is 12.4. The molecule has 0 aliphatic rings. The van der Waals surface area contributed by atoms with E-state index < -0.39 is 0 Å². The molecule has 5 heteroatoms. The van der Waals surface area contributed by atoms with E-state index in [9.17, 15) is 0 Å². The van der Waals surface area contributed by atoms with Gasteiger partial charge in [0.2, 0.25) is 0 Å². The summed E-state index contributed by atoms with van der Waals surface area (Å²) in [4.78, 5) is 0. The average Bonchev–Trinajstić information content (AvgIpc) is 2.41. The maximum atomic E-state index is 6.32. The van der Waals surface area contributed by atoms with E-state index in [0.717, 1.165) is 26.0 Å². The topological polar surface area (TPSA) is 12.0 Å². The van der Waals surface area contributed by atoms with Crippen LogP contribution in [0.25, 0.3) is 0 Å². The summed E-state index contributed by atoms with van der Waals surface area (Å²) in [6.07, 6.45) is 0.856. The molecule has 0 aliphatic heterocycles. The van der Waals surface area contributed by atoms with E-state index in [4.69, 9.17) is 11.6 Å². The van der Waals surface area contributed by atoms with Crippen LogP contribution >= 0.6 is 66.1 Å². The minimum absolute atomic E-state index is 0.234. The van der Waals surface area contributed by atoms with E-state index in [1.54, 1.807) is 0 Å². The average molecular weight is 529 g/mol. The Labute approximate surface area is 154 Å². The van der Waals surface area contributed by atoms with Gasteiger partial charge in [-0.2, -0.15) is 0 Å². The molecule has 0 amide bonds. The maximum absolute atomic E-state index is 6.32. The minimum Gasteiger partial charge on any atom is -0.313 e. The lowest BCUT2D eigenvalue weighted by Gasteiger charge is -2.19. The first-order valence-corrected chi connectivity index (χ1v) is 9.11. The van der Waals surface area contributed by atoms with Crippen LogP contribution in [-0.2, 0) is 6.42 Å². The minimum atomic E-state index is 0.234. The van der Waals surface area contributed by atoms with Crippen molar-refractivity contribution >= 4 is 66.1 Å². The number of halogens is 4. The number of hydrogen-bond donors (Lipinski definition) is 1. The van der Waals surface area contributed by atoms with Crippen LogP contribution in [0.15, 0.2) is 45.3 Å². The maximum Gasteiger partial charge on any atom is 0.0449 e. The van der Waals surface area contributed by atoms with Crippen molar-refractivity contribution in [3.63, 3.8) is 0 Å². The van der Waals surface area contributed by atoms with Gasteiger partial charge in [0, 0.05) is 23.6 Å². The van der Waals surface area contributed by atoms with Gasteiger partial charge >= 0.3 is 0 Å². The number of nitrogens with one attached hydrogen (secondary N) is 1. The zero-order valence-electron chi connectivity index (χ0n) is 10.8. The summed E-state index contributed by atoms with van der Waals surface area (Å²) < 4.78 is 3.35. The summed E-state index contributed by atoms with van der Waals surface area (Å²) in [6.45, 7) is 0. The Hall–Kier alpha value is 0.380. The van der Waals surface area contributed by atoms with Crippen molar-refractivity contribution in [2.45, 2.75) is 12.5 Å². The number of likely N-dealkylation sites (N-methyl/N-ethyl adjacent to an activating group) is 1. The fraction of sp³-hybridized carbons (Fsp3) is 0.200. The molecule has 0 aromatic heterocycles. The van der Waals surface area contributed by atoms with Crippen LogP contribution in [0.2, 0.25) is 5.02 Å². The van der Waals surface area contributed by atoms with Gasteiger partial charge in [0.05, 0.1) is 0 Å². The molecule has 0 spiro atoms. The lowest BCUT2D eigenvalue weighted by Crippen LogP contribution is -2.20. The quantitative estimate of drug-likeness (QED) is 0.482. The first kappa shape index (κ1) is 16.7. The highest BCUT2D eigenvalue weighted by atomic mass is 127. The summed E-state index contributed by atoms with van der Waals surface area (Å²) in [5.74, 6) is 0. The predicted molar refractivity (Wildman–Crippen MR) is 102 cm³/mol. The number of benzene rings is 2. The molecular weight excluding hydrogens is 516 g/mol. The summed E-state index contributed by atoms with van der Waals surface area (Å²) in [6, 6.07) is 12.6. The van der Waals surface area contributed by atoms with Crippen LogP contribution in [0.3, 0.4) is 0 Å². The molecule has 2 aromatic carbocycles. The van der Waals surface area contributed by atoms with Gasteiger partial charge in [0.1, 0.15) is 0 Å². The SMILES string of the molecule is CNC(Cc1ccc(Br)cc1Cl)c1cc(Br)ccc1I. The van der Waals surface area contributed by atoms with Crippen molar-refractivity contribution in [1.82, 2.24) is 5.32 Å². The highest BCUT2D eigenvalue weighted by Gasteiger charge is 2.15. The number of hydrogen-bond acceptors (Lipinski definition) is 1. The van der Waals surface area contributed by atoms with E-state index in [-0.39, 0.29) is 6.04 Å². The van der Waals surface area contributed by atoms with Gasteiger partial charge < -0.3 is 5.32 Å². The van der Waals surface area contributed by atoms with Crippen molar-refractivity contribution in [3.05, 3.63) is 65.1 Å². The van der Waals surface area contributed by atoms with Crippen LogP contribution in [0, 0.1) is 3.57 Å².